The van der Waals surface area contributed by atoms with Crippen molar-refractivity contribution in [1.82, 2.24) is 15.0 Å². The van der Waals surface area contributed by atoms with Gasteiger partial charge in [0.1, 0.15) is 10.5 Å². The third-order valence-electron chi connectivity index (χ3n) is 2.64. The van der Waals surface area contributed by atoms with Gasteiger partial charge in [0.25, 0.3) is 0 Å². The lowest BCUT2D eigenvalue weighted by Crippen LogP contribution is -2.00. The fourth-order valence-electron chi connectivity index (χ4n) is 1.73. The molecule has 0 aliphatic rings. The highest BCUT2D eigenvalue weighted by molar-refractivity contribution is 7.71. The van der Waals surface area contributed by atoms with Crippen LogP contribution in [0.5, 0.6) is 0 Å². The molecule has 0 fully saturated rings. The summed E-state index contributed by atoms with van der Waals surface area (Å²) >= 11 is 5.29. The van der Waals surface area contributed by atoms with Gasteiger partial charge in [-0.1, -0.05) is 19.1 Å². The Bertz CT molecular complexity index is 561. The Balaban J connectivity index is 2.57. The number of pyridine rings is 1. The van der Waals surface area contributed by atoms with E-state index in [1.54, 1.807) is 6.20 Å². The predicted octanol–water partition coefficient (Wildman–Crippen LogP) is 3.46. The molecule has 0 saturated heterocycles. The van der Waals surface area contributed by atoms with E-state index in [1.165, 1.54) is 0 Å². The average Bonchev–Trinajstić information content (AvgIpc) is 2.35. The van der Waals surface area contributed by atoms with Crippen LogP contribution in [0.3, 0.4) is 0 Å². The van der Waals surface area contributed by atoms with Crippen LogP contribution in [-0.4, -0.2) is 15.0 Å². The summed E-state index contributed by atoms with van der Waals surface area (Å²) in [5, 5.41) is 0. The first-order valence-electron chi connectivity index (χ1n) is 5.72. The lowest BCUT2D eigenvalue weighted by atomic mass is 10.1. The van der Waals surface area contributed by atoms with Crippen molar-refractivity contribution < 1.29 is 0 Å². The van der Waals surface area contributed by atoms with Crippen molar-refractivity contribution in [3.05, 3.63) is 40.6 Å². The Kier molecular flexibility index (Phi) is 3.64. The summed E-state index contributed by atoms with van der Waals surface area (Å²) in [6.07, 6.45) is 5.57. The molecular weight excluding hydrogens is 230 g/mol. The molecule has 0 aromatic carbocycles. The molecule has 88 valence electrons. The fourth-order valence-corrected chi connectivity index (χ4v) is 1.95. The fraction of sp³-hybridized carbons (Fsp3) is 0.308. The number of nitrogens with one attached hydrogen (secondary N) is 1. The molecule has 17 heavy (non-hydrogen) atoms. The van der Waals surface area contributed by atoms with Gasteiger partial charge in [0.2, 0.25) is 0 Å². The number of hydrogen-bond acceptors (Lipinski definition) is 3. The molecule has 0 amide bonds. The van der Waals surface area contributed by atoms with Gasteiger partial charge in [-0.3, -0.25) is 4.98 Å². The van der Waals surface area contributed by atoms with Crippen LogP contribution in [0.4, 0.5) is 0 Å². The Morgan fingerprint density at radius 2 is 2.24 bits per heavy atom. The molecule has 2 aromatic heterocycles. The molecule has 0 unspecified atom stereocenters. The van der Waals surface area contributed by atoms with E-state index < -0.39 is 0 Å². The minimum absolute atomic E-state index is 0.672. The minimum atomic E-state index is 0.672. The third-order valence-corrected chi connectivity index (χ3v) is 3.04. The van der Waals surface area contributed by atoms with E-state index in [9.17, 15) is 0 Å². The second-order valence-electron chi connectivity index (χ2n) is 3.98. The number of aromatic nitrogens is 3. The first-order chi connectivity index (χ1) is 8.22. The molecule has 0 atom stereocenters. The summed E-state index contributed by atoms with van der Waals surface area (Å²) < 4.78 is 0.672. The van der Waals surface area contributed by atoms with Crippen LogP contribution in [0, 0.1) is 11.6 Å². The van der Waals surface area contributed by atoms with Crippen LogP contribution in [0.25, 0.3) is 11.3 Å². The lowest BCUT2D eigenvalue weighted by molar-refractivity contribution is 0.829. The average molecular weight is 245 g/mol. The maximum absolute atomic E-state index is 5.29. The zero-order chi connectivity index (χ0) is 12.3. The summed E-state index contributed by atoms with van der Waals surface area (Å²) in [5.41, 5.74) is 3.09. The van der Waals surface area contributed by atoms with Gasteiger partial charge in [-0.25, -0.2) is 4.98 Å². The van der Waals surface area contributed by atoms with Gasteiger partial charge in [0.05, 0.1) is 5.69 Å². The maximum Gasteiger partial charge on any atom is 0.133 e. The molecule has 1 N–H and O–H groups in total. The smallest absolute Gasteiger partial charge is 0.133 e. The van der Waals surface area contributed by atoms with Gasteiger partial charge >= 0.3 is 0 Å². The quantitative estimate of drug-likeness (QED) is 0.842. The van der Waals surface area contributed by atoms with Gasteiger partial charge in [0, 0.05) is 29.9 Å². The van der Waals surface area contributed by atoms with Gasteiger partial charge in [-0.15, -0.1) is 0 Å². The van der Waals surface area contributed by atoms with Crippen LogP contribution in [-0.2, 0) is 6.42 Å². The highest BCUT2D eigenvalue weighted by Gasteiger charge is 2.06. The second-order valence-corrected chi connectivity index (χ2v) is 4.37. The van der Waals surface area contributed by atoms with Crippen LogP contribution in [0.2, 0.25) is 0 Å². The monoisotopic (exact) mass is 245 g/mol. The topological polar surface area (TPSA) is 41.6 Å². The van der Waals surface area contributed by atoms with Crippen molar-refractivity contribution in [3.8, 4) is 11.3 Å². The number of hydrogen-bond donors (Lipinski definition) is 1. The van der Waals surface area contributed by atoms with E-state index in [4.69, 9.17) is 12.2 Å². The first-order valence-corrected chi connectivity index (χ1v) is 6.13. The maximum atomic E-state index is 5.29. The SMILES string of the molecule is CCCc1nc(=S)c(C)c(-c2cccnc2)[nH]1. The molecule has 0 spiro atoms. The van der Waals surface area contributed by atoms with E-state index in [2.05, 4.69) is 21.9 Å². The van der Waals surface area contributed by atoms with E-state index >= 15 is 0 Å². The Labute approximate surface area is 106 Å². The molecule has 0 saturated carbocycles. The summed E-state index contributed by atoms with van der Waals surface area (Å²) in [7, 11) is 0. The minimum Gasteiger partial charge on any atom is -0.343 e. The molecule has 0 aliphatic heterocycles. The van der Waals surface area contributed by atoms with Crippen molar-refractivity contribution in [1.29, 1.82) is 0 Å². The molecule has 0 radical (unpaired) electrons. The molecule has 2 heterocycles. The number of H-pyrrole nitrogens is 1. The lowest BCUT2D eigenvalue weighted by Gasteiger charge is -2.08. The van der Waals surface area contributed by atoms with Gasteiger partial charge in [-0.2, -0.15) is 0 Å². The van der Waals surface area contributed by atoms with Crippen LogP contribution in [0.1, 0.15) is 24.7 Å². The normalized spacial score (nSPS) is 10.5. The highest BCUT2D eigenvalue weighted by atomic mass is 32.1. The number of nitrogens with zero attached hydrogens (tertiary/aromatic N) is 2. The zero-order valence-corrected chi connectivity index (χ0v) is 10.8. The molecule has 2 aromatic rings. The highest BCUT2D eigenvalue weighted by Crippen LogP contribution is 2.20. The Morgan fingerprint density at radius 1 is 1.41 bits per heavy atom. The third kappa shape index (κ3) is 2.58. The van der Waals surface area contributed by atoms with Crippen LogP contribution >= 0.6 is 12.2 Å². The van der Waals surface area contributed by atoms with Crippen molar-refractivity contribution in [2.45, 2.75) is 26.7 Å². The van der Waals surface area contributed by atoms with Crippen molar-refractivity contribution in [2.24, 2.45) is 0 Å². The number of aryl methyl sites for hydroxylation is 1. The predicted molar refractivity (Wildman–Crippen MR) is 71.4 cm³/mol. The Morgan fingerprint density at radius 3 is 2.88 bits per heavy atom. The molecule has 2 rings (SSSR count). The van der Waals surface area contributed by atoms with Gasteiger partial charge < -0.3 is 4.98 Å². The summed E-state index contributed by atoms with van der Waals surface area (Å²) in [4.78, 5) is 11.9. The first kappa shape index (κ1) is 11.9. The Hall–Kier alpha value is -1.55. The van der Waals surface area contributed by atoms with Gasteiger partial charge in [0.15, 0.2) is 0 Å². The standard InChI is InChI=1S/C13H15N3S/c1-3-5-11-15-12(9(2)13(17)16-11)10-6-4-7-14-8-10/h4,6-8H,3,5H2,1-2H3,(H,15,16,17). The van der Waals surface area contributed by atoms with Crippen LogP contribution < -0.4 is 0 Å². The van der Waals surface area contributed by atoms with E-state index in [0.29, 0.717) is 4.64 Å². The second kappa shape index (κ2) is 5.19. The van der Waals surface area contributed by atoms with Crippen molar-refractivity contribution in [2.75, 3.05) is 0 Å². The van der Waals surface area contributed by atoms with E-state index in [1.807, 2.05) is 25.3 Å². The summed E-state index contributed by atoms with van der Waals surface area (Å²) in [5.74, 6) is 0.946. The van der Waals surface area contributed by atoms with Crippen LogP contribution in [0.15, 0.2) is 24.5 Å². The number of aromatic amines is 1. The molecule has 0 bridgehead atoms. The largest absolute Gasteiger partial charge is 0.343 e. The number of rotatable bonds is 3. The molecular formula is C13H15N3S. The van der Waals surface area contributed by atoms with Crippen molar-refractivity contribution >= 4 is 12.2 Å². The zero-order valence-electron chi connectivity index (χ0n) is 10.0. The molecule has 3 nitrogen and oxygen atoms in total. The summed E-state index contributed by atoms with van der Waals surface area (Å²) in [6.45, 7) is 4.12. The van der Waals surface area contributed by atoms with Crippen molar-refractivity contribution in [3.63, 3.8) is 0 Å². The van der Waals surface area contributed by atoms with Gasteiger partial charge in [-0.05, 0) is 25.5 Å². The molecule has 4 heteroatoms. The summed E-state index contributed by atoms with van der Waals surface area (Å²) in [6, 6.07) is 3.95. The van der Waals surface area contributed by atoms with E-state index in [-0.39, 0.29) is 0 Å². The van der Waals surface area contributed by atoms with E-state index in [0.717, 1.165) is 35.5 Å². The molecule has 0 aliphatic carbocycles.